The van der Waals surface area contributed by atoms with Gasteiger partial charge in [-0.05, 0) is 24.8 Å². The van der Waals surface area contributed by atoms with Gasteiger partial charge in [-0.3, -0.25) is 19.0 Å². The molecule has 1 aliphatic rings. The van der Waals surface area contributed by atoms with Crippen molar-refractivity contribution in [2.45, 2.75) is 45.1 Å². The van der Waals surface area contributed by atoms with Crippen LogP contribution in [0.4, 0.5) is 0 Å². The van der Waals surface area contributed by atoms with Gasteiger partial charge in [-0.15, -0.1) is 11.3 Å². The van der Waals surface area contributed by atoms with Crippen molar-refractivity contribution < 1.29 is 14.7 Å². The SMILES string of the molecule is CCc1nc2sc3c(c2c(=O)n1CC(N)=O)C(C(=O)O)CCC3. The molecule has 1 amide bonds. The summed E-state index contributed by atoms with van der Waals surface area (Å²) in [7, 11) is 0. The summed E-state index contributed by atoms with van der Waals surface area (Å²) in [5, 5.41) is 9.81. The van der Waals surface area contributed by atoms with Gasteiger partial charge < -0.3 is 10.8 Å². The van der Waals surface area contributed by atoms with Crippen LogP contribution < -0.4 is 11.3 Å². The molecule has 0 saturated carbocycles. The Balaban J connectivity index is 2.34. The number of carboxylic acid groups (broad SMARTS) is 1. The van der Waals surface area contributed by atoms with Gasteiger partial charge in [0, 0.05) is 11.3 Å². The predicted molar refractivity (Wildman–Crippen MR) is 85.8 cm³/mol. The number of carbonyl (C=O) groups is 2. The number of primary amides is 1. The van der Waals surface area contributed by atoms with Gasteiger partial charge in [0.2, 0.25) is 5.91 Å². The fraction of sp³-hybridized carbons (Fsp3) is 0.467. The zero-order valence-electron chi connectivity index (χ0n) is 12.7. The van der Waals surface area contributed by atoms with Crippen LogP contribution in [0.1, 0.15) is 41.9 Å². The number of carboxylic acids is 1. The lowest BCUT2D eigenvalue weighted by Gasteiger charge is -2.19. The molecule has 0 aliphatic heterocycles. The number of nitrogens with two attached hydrogens (primary N) is 1. The van der Waals surface area contributed by atoms with Crippen molar-refractivity contribution in [3.05, 3.63) is 26.6 Å². The molecule has 1 aliphatic carbocycles. The number of hydrogen-bond acceptors (Lipinski definition) is 5. The molecule has 3 rings (SSSR count). The average molecular weight is 335 g/mol. The van der Waals surface area contributed by atoms with E-state index in [4.69, 9.17) is 5.73 Å². The molecular formula is C15H17N3O4S. The number of fused-ring (bicyclic) bond motifs is 3. The van der Waals surface area contributed by atoms with E-state index >= 15 is 0 Å². The molecule has 2 aromatic rings. The minimum Gasteiger partial charge on any atom is -0.481 e. The molecule has 0 radical (unpaired) electrons. The lowest BCUT2D eigenvalue weighted by Crippen LogP contribution is -2.32. The van der Waals surface area contributed by atoms with E-state index in [-0.39, 0.29) is 12.1 Å². The summed E-state index contributed by atoms with van der Waals surface area (Å²) in [5.74, 6) is -1.74. The molecule has 0 saturated heterocycles. The Morgan fingerprint density at radius 2 is 2.22 bits per heavy atom. The molecular weight excluding hydrogens is 318 g/mol. The number of rotatable bonds is 4. The Morgan fingerprint density at radius 1 is 1.48 bits per heavy atom. The molecule has 2 aromatic heterocycles. The fourth-order valence-electron chi connectivity index (χ4n) is 3.19. The summed E-state index contributed by atoms with van der Waals surface area (Å²) >= 11 is 1.39. The molecule has 1 unspecified atom stereocenters. The van der Waals surface area contributed by atoms with E-state index in [1.54, 1.807) is 0 Å². The summed E-state index contributed by atoms with van der Waals surface area (Å²) in [4.78, 5) is 41.7. The number of carbonyl (C=O) groups excluding carboxylic acids is 1. The maximum atomic E-state index is 12.9. The molecule has 0 spiro atoms. The van der Waals surface area contributed by atoms with Crippen LogP contribution in [-0.2, 0) is 29.0 Å². The Labute approximate surface area is 135 Å². The summed E-state index contributed by atoms with van der Waals surface area (Å²) in [5.41, 5.74) is 5.45. The minimum atomic E-state index is -0.925. The third-order valence-corrected chi connectivity index (χ3v) is 5.34. The molecule has 23 heavy (non-hydrogen) atoms. The summed E-state index contributed by atoms with van der Waals surface area (Å²) in [6.07, 6.45) is 2.55. The van der Waals surface area contributed by atoms with Crippen molar-refractivity contribution in [1.29, 1.82) is 0 Å². The molecule has 2 heterocycles. The molecule has 7 nitrogen and oxygen atoms in total. The van der Waals surface area contributed by atoms with Crippen molar-refractivity contribution in [3.8, 4) is 0 Å². The molecule has 8 heteroatoms. The maximum Gasteiger partial charge on any atom is 0.311 e. The average Bonchev–Trinajstić information content (AvgIpc) is 2.87. The highest BCUT2D eigenvalue weighted by Crippen LogP contribution is 2.40. The van der Waals surface area contributed by atoms with Crippen LogP contribution in [0.25, 0.3) is 10.2 Å². The Morgan fingerprint density at radius 3 is 2.83 bits per heavy atom. The van der Waals surface area contributed by atoms with Gasteiger partial charge in [0.25, 0.3) is 5.56 Å². The monoisotopic (exact) mass is 335 g/mol. The molecule has 3 N–H and O–H groups in total. The highest BCUT2D eigenvalue weighted by atomic mass is 32.1. The van der Waals surface area contributed by atoms with E-state index in [9.17, 15) is 19.5 Å². The second kappa shape index (κ2) is 5.77. The quantitative estimate of drug-likeness (QED) is 0.865. The molecule has 1 atom stereocenters. The van der Waals surface area contributed by atoms with Crippen LogP contribution in [0.5, 0.6) is 0 Å². The van der Waals surface area contributed by atoms with Gasteiger partial charge >= 0.3 is 5.97 Å². The van der Waals surface area contributed by atoms with E-state index < -0.39 is 17.8 Å². The lowest BCUT2D eigenvalue weighted by molar-refractivity contribution is -0.139. The van der Waals surface area contributed by atoms with Gasteiger partial charge in [0.15, 0.2) is 0 Å². The van der Waals surface area contributed by atoms with E-state index in [0.29, 0.717) is 34.4 Å². The molecule has 122 valence electrons. The van der Waals surface area contributed by atoms with E-state index in [1.165, 1.54) is 15.9 Å². The van der Waals surface area contributed by atoms with Crippen molar-refractivity contribution in [1.82, 2.24) is 9.55 Å². The summed E-state index contributed by atoms with van der Waals surface area (Å²) < 4.78 is 1.27. The first kappa shape index (κ1) is 15.7. The smallest absolute Gasteiger partial charge is 0.311 e. The van der Waals surface area contributed by atoms with Gasteiger partial charge in [0.1, 0.15) is 17.2 Å². The number of nitrogens with zero attached hydrogens (tertiary/aromatic N) is 2. The second-order valence-electron chi connectivity index (χ2n) is 5.64. The standard InChI is InChI=1S/C15H17N3O4S/c1-2-10-17-13-12(14(20)18(10)6-9(16)19)11-7(15(21)22)4-3-5-8(11)23-13/h7H,2-6H2,1H3,(H2,16,19)(H,21,22). The zero-order valence-corrected chi connectivity index (χ0v) is 13.5. The highest BCUT2D eigenvalue weighted by molar-refractivity contribution is 7.18. The Hall–Kier alpha value is -2.22. The van der Waals surface area contributed by atoms with E-state index in [2.05, 4.69) is 4.98 Å². The largest absolute Gasteiger partial charge is 0.481 e. The van der Waals surface area contributed by atoms with Crippen LogP contribution in [0.15, 0.2) is 4.79 Å². The highest BCUT2D eigenvalue weighted by Gasteiger charge is 2.32. The number of thiophene rings is 1. The van der Waals surface area contributed by atoms with Crippen LogP contribution in [-0.4, -0.2) is 26.5 Å². The summed E-state index contributed by atoms with van der Waals surface area (Å²) in [6, 6.07) is 0. The normalized spacial score (nSPS) is 17.2. The van der Waals surface area contributed by atoms with Crippen molar-refractivity contribution in [3.63, 3.8) is 0 Å². The van der Waals surface area contributed by atoms with Gasteiger partial charge in [-0.2, -0.15) is 0 Å². The van der Waals surface area contributed by atoms with Crippen LogP contribution >= 0.6 is 11.3 Å². The lowest BCUT2D eigenvalue weighted by atomic mass is 9.86. The number of aromatic nitrogens is 2. The van der Waals surface area contributed by atoms with Gasteiger partial charge in [-0.1, -0.05) is 6.92 Å². The third kappa shape index (κ3) is 2.52. The first-order chi connectivity index (χ1) is 10.9. The fourth-order valence-corrected chi connectivity index (χ4v) is 4.48. The van der Waals surface area contributed by atoms with E-state index in [0.717, 1.165) is 17.7 Å². The van der Waals surface area contributed by atoms with Crippen LogP contribution in [0, 0.1) is 0 Å². The number of aliphatic carboxylic acids is 1. The van der Waals surface area contributed by atoms with Crippen molar-refractivity contribution in [2.75, 3.05) is 0 Å². The summed E-state index contributed by atoms with van der Waals surface area (Å²) in [6.45, 7) is 1.60. The van der Waals surface area contributed by atoms with Crippen LogP contribution in [0.2, 0.25) is 0 Å². The third-order valence-electron chi connectivity index (χ3n) is 4.18. The second-order valence-corrected chi connectivity index (χ2v) is 6.72. The molecule has 0 aromatic carbocycles. The van der Waals surface area contributed by atoms with Gasteiger partial charge in [0.05, 0.1) is 11.3 Å². The van der Waals surface area contributed by atoms with E-state index in [1.807, 2.05) is 6.92 Å². The number of aryl methyl sites for hydroxylation is 2. The maximum absolute atomic E-state index is 12.9. The van der Waals surface area contributed by atoms with Gasteiger partial charge in [-0.25, -0.2) is 4.98 Å². The number of amides is 1. The Bertz CT molecular complexity index is 868. The van der Waals surface area contributed by atoms with Crippen molar-refractivity contribution in [2.24, 2.45) is 5.73 Å². The molecule has 0 bridgehead atoms. The zero-order chi connectivity index (χ0) is 16.7. The molecule has 0 fully saturated rings. The topological polar surface area (TPSA) is 115 Å². The first-order valence-corrected chi connectivity index (χ1v) is 8.31. The minimum absolute atomic E-state index is 0.243. The Kier molecular flexibility index (Phi) is 3.93. The first-order valence-electron chi connectivity index (χ1n) is 7.50. The number of hydrogen-bond donors (Lipinski definition) is 2. The van der Waals surface area contributed by atoms with Crippen molar-refractivity contribution >= 4 is 33.4 Å². The van der Waals surface area contributed by atoms with Crippen LogP contribution in [0.3, 0.4) is 0 Å². The predicted octanol–water partition coefficient (Wildman–Crippen LogP) is 1.01.